The van der Waals surface area contributed by atoms with Gasteiger partial charge in [0.15, 0.2) is 0 Å². The molecule has 1 aliphatic rings. The zero-order valence-electron chi connectivity index (χ0n) is 12.7. The molecule has 8 heteroatoms. The number of hydrogen-bond donors (Lipinski definition) is 1. The lowest BCUT2D eigenvalue weighted by molar-refractivity contribution is -0.182. The van der Waals surface area contributed by atoms with Crippen molar-refractivity contribution in [3.63, 3.8) is 0 Å². The van der Waals surface area contributed by atoms with E-state index in [1.807, 2.05) is 0 Å². The fraction of sp³-hybridized carbons (Fsp3) is 0.467. The number of primary amides is 1. The highest BCUT2D eigenvalue weighted by molar-refractivity contribution is 5.95. The Balaban J connectivity index is 2.25. The van der Waals surface area contributed by atoms with Crippen molar-refractivity contribution in [1.29, 1.82) is 0 Å². The van der Waals surface area contributed by atoms with E-state index in [2.05, 4.69) is 0 Å². The molecule has 0 saturated carbocycles. The zero-order chi connectivity index (χ0) is 17.4. The number of alkyl halides is 3. The van der Waals surface area contributed by atoms with Crippen LogP contribution in [0, 0.1) is 18.8 Å². The Hall–Kier alpha value is -2.25. The minimum Gasteiger partial charge on any atom is -0.496 e. The number of methoxy groups -OCH3 is 1. The summed E-state index contributed by atoms with van der Waals surface area (Å²) in [7, 11) is 1.44. The van der Waals surface area contributed by atoms with Crippen LogP contribution in [-0.2, 0) is 4.79 Å². The van der Waals surface area contributed by atoms with Crippen molar-refractivity contribution in [2.75, 3.05) is 20.2 Å². The molecule has 2 N–H and O–H groups in total. The first-order valence-corrected chi connectivity index (χ1v) is 6.95. The number of benzene rings is 1. The number of amides is 2. The number of nitrogens with two attached hydrogens (primary N) is 1. The first kappa shape index (κ1) is 17.1. The highest BCUT2D eigenvalue weighted by atomic mass is 19.4. The predicted octanol–water partition coefficient (Wildman–Crippen LogP) is 1.74. The number of hydrogen-bond acceptors (Lipinski definition) is 3. The van der Waals surface area contributed by atoms with Crippen molar-refractivity contribution in [1.82, 2.24) is 4.90 Å². The molecule has 23 heavy (non-hydrogen) atoms. The number of carbonyl (C=O) groups excluding carboxylic acids is 2. The largest absolute Gasteiger partial charge is 0.496 e. The first-order valence-electron chi connectivity index (χ1n) is 6.95. The van der Waals surface area contributed by atoms with Crippen molar-refractivity contribution >= 4 is 11.8 Å². The average Bonchev–Trinajstić information content (AvgIpc) is 2.92. The number of carbonyl (C=O) groups is 2. The predicted molar refractivity (Wildman–Crippen MR) is 75.9 cm³/mol. The molecule has 1 aromatic rings. The molecule has 2 rings (SSSR count). The maximum atomic E-state index is 13.0. The van der Waals surface area contributed by atoms with E-state index in [9.17, 15) is 22.8 Å². The summed E-state index contributed by atoms with van der Waals surface area (Å²) in [5.74, 6) is -4.53. The molecule has 1 heterocycles. The second kappa shape index (κ2) is 6.10. The number of likely N-dealkylation sites (tertiary alicyclic amines) is 1. The highest BCUT2D eigenvalue weighted by Gasteiger charge is 2.52. The van der Waals surface area contributed by atoms with E-state index in [1.165, 1.54) is 19.2 Å². The van der Waals surface area contributed by atoms with Crippen molar-refractivity contribution in [2.45, 2.75) is 13.1 Å². The first-order chi connectivity index (χ1) is 10.6. The normalized spacial score (nSPS) is 21.3. The van der Waals surface area contributed by atoms with Crippen molar-refractivity contribution < 1.29 is 27.5 Å². The smallest absolute Gasteiger partial charge is 0.394 e. The van der Waals surface area contributed by atoms with Gasteiger partial charge in [0, 0.05) is 18.7 Å². The quantitative estimate of drug-likeness (QED) is 0.917. The molecule has 0 spiro atoms. The molecule has 2 amide bonds. The SMILES string of the molecule is COc1cc(C(=O)N2C[C@@H](C(F)(F)F)[C@H](C(N)=O)C2)ccc1C. The van der Waals surface area contributed by atoms with Gasteiger partial charge in [0.1, 0.15) is 5.75 Å². The van der Waals surface area contributed by atoms with Crippen LogP contribution < -0.4 is 10.5 Å². The van der Waals surface area contributed by atoms with Gasteiger partial charge >= 0.3 is 6.18 Å². The maximum Gasteiger partial charge on any atom is 0.394 e. The van der Waals surface area contributed by atoms with Crippen LogP contribution in [0.2, 0.25) is 0 Å². The van der Waals surface area contributed by atoms with Gasteiger partial charge < -0.3 is 15.4 Å². The Morgan fingerprint density at radius 2 is 1.96 bits per heavy atom. The van der Waals surface area contributed by atoms with Gasteiger partial charge in [0.25, 0.3) is 5.91 Å². The topological polar surface area (TPSA) is 72.6 Å². The number of ether oxygens (including phenoxy) is 1. The van der Waals surface area contributed by atoms with E-state index >= 15 is 0 Å². The zero-order valence-corrected chi connectivity index (χ0v) is 12.7. The van der Waals surface area contributed by atoms with Crippen LogP contribution >= 0.6 is 0 Å². The molecule has 0 unspecified atom stereocenters. The number of rotatable bonds is 3. The number of halogens is 3. The lowest BCUT2D eigenvalue weighted by Crippen LogP contribution is -2.37. The molecule has 1 fully saturated rings. The summed E-state index contributed by atoms with van der Waals surface area (Å²) >= 11 is 0. The van der Waals surface area contributed by atoms with Gasteiger partial charge in [0.05, 0.1) is 18.9 Å². The molecule has 1 aromatic carbocycles. The van der Waals surface area contributed by atoms with Gasteiger partial charge in [-0.2, -0.15) is 13.2 Å². The molecule has 5 nitrogen and oxygen atoms in total. The molecule has 0 aromatic heterocycles. The van der Waals surface area contributed by atoms with Gasteiger partial charge in [-0.15, -0.1) is 0 Å². The Bertz CT molecular complexity index is 631. The summed E-state index contributed by atoms with van der Waals surface area (Å²) in [6, 6.07) is 4.63. The Morgan fingerprint density at radius 3 is 2.43 bits per heavy atom. The fourth-order valence-corrected chi connectivity index (χ4v) is 2.73. The number of aryl methyl sites for hydroxylation is 1. The summed E-state index contributed by atoms with van der Waals surface area (Å²) in [5, 5.41) is 0. The standard InChI is InChI=1S/C15H17F3N2O3/c1-8-3-4-9(5-12(8)23-2)14(22)20-6-10(13(19)21)11(7-20)15(16,17)18/h3-5,10-11H,6-7H2,1-2H3,(H2,19,21)/t10-,11-/m1/s1. The lowest BCUT2D eigenvalue weighted by Gasteiger charge is -2.19. The monoisotopic (exact) mass is 330 g/mol. The van der Waals surface area contributed by atoms with Gasteiger partial charge in [-0.25, -0.2) is 0 Å². The second-order valence-corrected chi connectivity index (χ2v) is 5.55. The van der Waals surface area contributed by atoms with E-state index in [1.54, 1.807) is 13.0 Å². The van der Waals surface area contributed by atoms with Crippen LogP contribution in [0.1, 0.15) is 15.9 Å². The van der Waals surface area contributed by atoms with Gasteiger partial charge in [0.2, 0.25) is 5.91 Å². The van der Waals surface area contributed by atoms with Crippen LogP contribution in [0.25, 0.3) is 0 Å². The third kappa shape index (κ3) is 3.40. The third-order valence-corrected chi connectivity index (χ3v) is 4.05. The Labute approximate surface area is 131 Å². The summed E-state index contributed by atoms with van der Waals surface area (Å²) in [6.07, 6.45) is -4.58. The molecule has 2 atom stereocenters. The molecular formula is C15H17F3N2O3. The Kier molecular flexibility index (Phi) is 4.53. The van der Waals surface area contributed by atoms with Crippen LogP contribution in [0.5, 0.6) is 5.75 Å². The summed E-state index contributed by atoms with van der Waals surface area (Å²) in [4.78, 5) is 24.7. The summed E-state index contributed by atoms with van der Waals surface area (Å²) in [6.45, 7) is 0.867. The molecule has 0 aliphatic carbocycles. The minimum absolute atomic E-state index is 0.207. The van der Waals surface area contributed by atoms with Gasteiger partial charge in [-0.3, -0.25) is 9.59 Å². The van der Waals surface area contributed by atoms with E-state index in [0.29, 0.717) is 5.75 Å². The van der Waals surface area contributed by atoms with Crippen molar-refractivity contribution in [3.05, 3.63) is 29.3 Å². The van der Waals surface area contributed by atoms with Gasteiger partial charge in [-0.05, 0) is 24.6 Å². The van der Waals surface area contributed by atoms with E-state index in [0.717, 1.165) is 10.5 Å². The van der Waals surface area contributed by atoms with E-state index in [4.69, 9.17) is 10.5 Å². The van der Waals surface area contributed by atoms with E-state index < -0.39 is 36.4 Å². The molecule has 1 aliphatic heterocycles. The van der Waals surface area contributed by atoms with Crippen LogP contribution in [0.4, 0.5) is 13.2 Å². The molecule has 0 radical (unpaired) electrons. The van der Waals surface area contributed by atoms with Crippen LogP contribution in [0.15, 0.2) is 18.2 Å². The van der Waals surface area contributed by atoms with E-state index in [-0.39, 0.29) is 12.1 Å². The Morgan fingerprint density at radius 1 is 1.30 bits per heavy atom. The average molecular weight is 330 g/mol. The second-order valence-electron chi connectivity index (χ2n) is 5.55. The van der Waals surface area contributed by atoms with Crippen molar-refractivity contribution in [2.24, 2.45) is 17.6 Å². The lowest BCUT2D eigenvalue weighted by atomic mass is 9.95. The minimum atomic E-state index is -4.58. The fourth-order valence-electron chi connectivity index (χ4n) is 2.73. The van der Waals surface area contributed by atoms with Crippen molar-refractivity contribution in [3.8, 4) is 5.75 Å². The highest BCUT2D eigenvalue weighted by Crippen LogP contribution is 2.38. The molecule has 1 saturated heterocycles. The van der Waals surface area contributed by atoms with Crippen LogP contribution in [-0.4, -0.2) is 43.1 Å². The summed E-state index contributed by atoms with van der Waals surface area (Å²) < 4.78 is 44.2. The van der Waals surface area contributed by atoms with Crippen LogP contribution in [0.3, 0.4) is 0 Å². The molecule has 0 bridgehead atoms. The van der Waals surface area contributed by atoms with Gasteiger partial charge in [-0.1, -0.05) is 6.07 Å². The number of nitrogens with zero attached hydrogens (tertiary/aromatic N) is 1. The molecule has 126 valence electrons. The third-order valence-electron chi connectivity index (χ3n) is 4.05. The summed E-state index contributed by atoms with van der Waals surface area (Å²) in [5.41, 5.74) is 6.06. The maximum absolute atomic E-state index is 13.0. The molecular weight excluding hydrogens is 313 g/mol.